The Bertz CT molecular complexity index is 111. The maximum absolute atomic E-state index is 2.72. The molecule has 0 N–H and O–H groups in total. The van der Waals surface area contributed by atoms with Crippen molar-refractivity contribution in [1.29, 1.82) is 0 Å². The summed E-state index contributed by atoms with van der Waals surface area (Å²) in [6.07, 6.45) is 17.7. The molecule has 0 atom stereocenters. The monoisotopic (exact) mass is 179 g/mol. The van der Waals surface area contributed by atoms with Crippen LogP contribution in [0.25, 0.3) is 0 Å². The molecule has 0 amide bonds. The van der Waals surface area contributed by atoms with Crippen molar-refractivity contribution in [1.82, 2.24) is 0 Å². The van der Waals surface area contributed by atoms with E-state index >= 15 is 0 Å². The van der Waals surface area contributed by atoms with E-state index < -0.39 is 0 Å². The summed E-state index contributed by atoms with van der Waals surface area (Å²) in [6, 6.07) is 0. The molecule has 0 nitrogen and oxygen atoms in total. The van der Waals surface area contributed by atoms with E-state index in [-0.39, 0.29) is 0 Å². The minimum absolute atomic E-state index is 0.997. The quantitative estimate of drug-likeness (QED) is 0.591. The molecule has 0 aromatic rings. The fraction of sp³-hybridized carbons (Fsp3) is 0.923. The minimum Gasteiger partial charge on any atom is -0.0533 e. The van der Waals surface area contributed by atoms with Crippen LogP contribution in [0.1, 0.15) is 64.2 Å². The highest BCUT2D eigenvalue weighted by Crippen LogP contribution is 2.34. The van der Waals surface area contributed by atoms with Crippen LogP contribution in [-0.2, 0) is 0 Å². The molecule has 2 fully saturated rings. The first-order chi connectivity index (χ1) is 6.45. The molecule has 0 spiro atoms. The third kappa shape index (κ3) is 3.00. The Kier molecular flexibility index (Phi) is 3.69. The van der Waals surface area contributed by atoms with Gasteiger partial charge in [0, 0.05) is 0 Å². The number of hydrogen-bond donors (Lipinski definition) is 0. The Morgan fingerprint density at radius 2 is 0.923 bits per heavy atom. The normalized spacial score (nSPS) is 27.7. The molecule has 13 heavy (non-hydrogen) atoms. The van der Waals surface area contributed by atoms with Gasteiger partial charge in [-0.15, -0.1) is 0 Å². The van der Waals surface area contributed by atoms with Crippen LogP contribution in [0.5, 0.6) is 0 Å². The lowest BCUT2D eigenvalue weighted by molar-refractivity contribution is 0.319. The third-order valence-electron chi connectivity index (χ3n) is 3.84. The van der Waals surface area contributed by atoms with Gasteiger partial charge in [0.25, 0.3) is 0 Å². The molecule has 0 unspecified atom stereocenters. The second kappa shape index (κ2) is 5.02. The zero-order valence-corrected chi connectivity index (χ0v) is 8.80. The van der Waals surface area contributed by atoms with Gasteiger partial charge in [-0.3, -0.25) is 0 Å². The van der Waals surface area contributed by atoms with Crippen molar-refractivity contribution in [3.05, 3.63) is 6.42 Å². The molecule has 2 saturated carbocycles. The average Bonchev–Trinajstić information content (AvgIpc) is 2.21. The topological polar surface area (TPSA) is 0 Å². The third-order valence-corrected chi connectivity index (χ3v) is 3.84. The second-order valence-corrected chi connectivity index (χ2v) is 4.99. The Morgan fingerprint density at radius 3 is 1.31 bits per heavy atom. The molecule has 0 bridgehead atoms. The molecule has 0 heteroatoms. The van der Waals surface area contributed by atoms with Gasteiger partial charge >= 0.3 is 0 Å². The van der Waals surface area contributed by atoms with E-state index in [0.717, 1.165) is 11.8 Å². The van der Waals surface area contributed by atoms with E-state index in [9.17, 15) is 0 Å². The lowest BCUT2D eigenvalue weighted by Crippen LogP contribution is -2.15. The van der Waals surface area contributed by atoms with Crippen LogP contribution in [0.2, 0.25) is 0 Å². The Hall–Kier alpha value is 0. The summed E-state index contributed by atoms with van der Waals surface area (Å²) in [7, 11) is 0. The average molecular weight is 179 g/mol. The smallest absolute Gasteiger partial charge is 0.0324 e. The van der Waals surface area contributed by atoms with Crippen molar-refractivity contribution in [2.24, 2.45) is 11.8 Å². The van der Waals surface area contributed by atoms with Gasteiger partial charge in [0.1, 0.15) is 0 Å². The van der Waals surface area contributed by atoms with Gasteiger partial charge in [0.15, 0.2) is 0 Å². The van der Waals surface area contributed by atoms with Crippen LogP contribution < -0.4 is 0 Å². The fourth-order valence-corrected chi connectivity index (χ4v) is 3.04. The predicted octanol–water partition coefficient (Wildman–Crippen LogP) is 4.35. The summed E-state index contributed by atoms with van der Waals surface area (Å²) in [6.45, 7) is 0. The number of rotatable bonds is 2. The summed E-state index contributed by atoms with van der Waals surface area (Å²) >= 11 is 0. The molecular weight excluding hydrogens is 156 g/mol. The zero-order chi connectivity index (χ0) is 8.93. The van der Waals surface area contributed by atoms with Gasteiger partial charge in [-0.2, -0.15) is 0 Å². The molecule has 2 aliphatic carbocycles. The van der Waals surface area contributed by atoms with Crippen LogP contribution in [0, 0.1) is 18.3 Å². The highest BCUT2D eigenvalue weighted by atomic mass is 14.3. The van der Waals surface area contributed by atoms with Gasteiger partial charge in [-0.05, 0) is 18.3 Å². The highest BCUT2D eigenvalue weighted by Gasteiger charge is 2.20. The van der Waals surface area contributed by atoms with Gasteiger partial charge in [0.05, 0.1) is 0 Å². The number of hydrogen-bond acceptors (Lipinski definition) is 0. The molecule has 0 aliphatic heterocycles. The Morgan fingerprint density at radius 1 is 0.538 bits per heavy atom. The van der Waals surface area contributed by atoms with Crippen LogP contribution in [-0.4, -0.2) is 0 Å². The van der Waals surface area contributed by atoms with Crippen molar-refractivity contribution in [2.45, 2.75) is 64.2 Å². The first kappa shape index (κ1) is 9.55. The van der Waals surface area contributed by atoms with E-state index in [1.165, 1.54) is 64.2 Å². The summed E-state index contributed by atoms with van der Waals surface area (Å²) in [5.41, 5.74) is 0. The lowest BCUT2D eigenvalue weighted by Gasteiger charge is -2.28. The Balaban J connectivity index is 1.69. The maximum atomic E-state index is 2.72. The van der Waals surface area contributed by atoms with Crippen LogP contribution in [0.15, 0.2) is 0 Å². The molecular formula is C13H23. The highest BCUT2D eigenvalue weighted by molar-refractivity contribution is 4.86. The van der Waals surface area contributed by atoms with E-state index in [0.29, 0.717) is 0 Å². The lowest BCUT2D eigenvalue weighted by atomic mass is 9.78. The van der Waals surface area contributed by atoms with E-state index in [1.54, 1.807) is 0 Å². The standard InChI is InChI=1S/C13H23/c1-3-7-12(8-4-1)11-13-9-5-2-6-10-13/h11-13H,1-10H2. The zero-order valence-electron chi connectivity index (χ0n) is 8.80. The van der Waals surface area contributed by atoms with E-state index in [4.69, 9.17) is 0 Å². The fourth-order valence-electron chi connectivity index (χ4n) is 3.04. The first-order valence-corrected chi connectivity index (χ1v) is 6.30. The molecule has 0 aromatic heterocycles. The molecule has 75 valence electrons. The van der Waals surface area contributed by atoms with Crippen molar-refractivity contribution < 1.29 is 0 Å². The SMILES string of the molecule is [CH](C1CCCCC1)C1CCCCC1. The van der Waals surface area contributed by atoms with Crippen molar-refractivity contribution in [3.63, 3.8) is 0 Å². The van der Waals surface area contributed by atoms with Gasteiger partial charge in [0.2, 0.25) is 0 Å². The maximum Gasteiger partial charge on any atom is -0.0324 e. The van der Waals surface area contributed by atoms with Crippen LogP contribution in [0.4, 0.5) is 0 Å². The largest absolute Gasteiger partial charge is 0.0533 e. The summed E-state index contributed by atoms with van der Waals surface area (Å²) in [5, 5.41) is 0. The molecule has 2 rings (SSSR count). The molecule has 0 heterocycles. The van der Waals surface area contributed by atoms with Crippen LogP contribution >= 0.6 is 0 Å². The van der Waals surface area contributed by atoms with E-state index in [1.807, 2.05) is 0 Å². The van der Waals surface area contributed by atoms with Gasteiger partial charge < -0.3 is 0 Å². The second-order valence-electron chi connectivity index (χ2n) is 4.99. The van der Waals surface area contributed by atoms with Crippen molar-refractivity contribution in [2.75, 3.05) is 0 Å². The van der Waals surface area contributed by atoms with Gasteiger partial charge in [-0.25, -0.2) is 0 Å². The van der Waals surface area contributed by atoms with Crippen molar-refractivity contribution in [3.8, 4) is 0 Å². The van der Waals surface area contributed by atoms with E-state index in [2.05, 4.69) is 6.42 Å². The van der Waals surface area contributed by atoms with Crippen LogP contribution in [0.3, 0.4) is 0 Å². The predicted molar refractivity (Wildman–Crippen MR) is 57.5 cm³/mol. The summed E-state index contributed by atoms with van der Waals surface area (Å²) in [5.74, 6) is 1.99. The molecule has 0 saturated heterocycles. The minimum atomic E-state index is 0.997. The summed E-state index contributed by atoms with van der Waals surface area (Å²) in [4.78, 5) is 0. The van der Waals surface area contributed by atoms with Crippen molar-refractivity contribution >= 4 is 0 Å². The summed E-state index contributed by atoms with van der Waals surface area (Å²) < 4.78 is 0. The molecule has 2 aliphatic rings. The first-order valence-electron chi connectivity index (χ1n) is 6.30. The molecule has 1 radical (unpaired) electrons. The van der Waals surface area contributed by atoms with Gasteiger partial charge in [-0.1, -0.05) is 64.2 Å². The molecule has 0 aromatic carbocycles. The Labute approximate surface area is 83.1 Å².